The highest BCUT2D eigenvalue weighted by Crippen LogP contribution is 2.31. The first-order valence-corrected chi connectivity index (χ1v) is 6.14. The van der Waals surface area contributed by atoms with Crippen LogP contribution in [0.15, 0.2) is 11.4 Å². The molecule has 1 aromatic heterocycles. The van der Waals surface area contributed by atoms with Crippen LogP contribution in [0.25, 0.3) is 0 Å². The molecule has 0 aromatic carbocycles. The van der Waals surface area contributed by atoms with E-state index >= 15 is 0 Å². The Balaban J connectivity index is 2.79. The zero-order chi connectivity index (χ0) is 11.0. The lowest BCUT2D eigenvalue weighted by Gasteiger charge is -2.17. The van der Waals surface area contributed by atoms with E-state index in [4.69, 9.17) is 0 Å². The molecule has 1 heterocycles. The molecule has 1 heteroatoms. The molecule has 0 amide bonds. The van der Waals surface area contributed by atoms with E-state index in [-0.39, 0.29) is 0 Å². The van der Waals surface area contributed by atoms with Gasteiger partial charge in [-0.05, 0) is 34.3 Å². The van der Waals surface area contributed by atoms with Crippen LogP contribution in [0.3, 0.4) is 0 Å². The Morgan fingerprint density at radius 3 is 2.00 bits per heavy atom. The second-order valence-corrected chi connectivity index (χ2v) is 7.22. The molecule has 0 fully saturated rings. The summed E-state index contributed by atoms with van der Waals surface area (Å²) in [5.41, 5.74) is 2.20. The highest BCUT2D eigenvalue weighted by molar-refractivity contribution is 7.10. The second kappa shape index (κ2) is 3.69. The molecule has 1 aromatic rings. The summed E-state index contributed by atoms with van der Waals surface area (Å²) in [6.45, 7) is 13.7. The highest BCUT2D eigenvalue weighted by atomic mass is 32.1. The maximum atomic E-state index is 2.37. The lowest BCUT2D eigenvalue weighted by molar-refractivity contribution is 0.411. The summed E-state index contributed by atoms with van der Waals surface area (Å²) in [6.07, 6.45) is 1.18. The van der Waals surface area contributed by atoms with Crippen LogP contribution in [0.5, 0.6) is 0 Å². The topological polar surface area (TPSA) is 0 Å². The summed E-state index contributed by atoms with van der Waals surface area (Å²) in [5.74, 6) is 0. The van der Waals surface area contributed by atoms with Crippen LogP contribution in [0.4, 0.5) is 0 Å². The van der Waals surface area contributed by atoms with Crippen LogP contribution in [-0.4, -0.2) is 0 Å². The summed E-state index contributed by atoms with van der Waals surface area (Å²) in [5, 5.41) is 2.31. The Labute approximate surface area is 92.4 Å². The van der Waals surface area contributed by atoms with Gasteiger partial charge >= 0.3 is 0 Å². The van der Waals surface area contributed by atoms with E-state index in [9.17, 15) is 0 Å². The van der Waals surface area contributed by atoms with Crippen molar-refractivity contribution in [3.63, 3.8) is 0 Å². The first-order chi connectivity index (χ1) is 6.18. The quantitative estimate of drug-likeness (QED) is 0.634. The molecule has 0 radical (unpaired) electrons. The Morgan fingerprint density at radius 1 is 1.07 bits per heavy atom. The molecule has 0 spiro atoms. The van der Waals surface area contributed by atoms with Gasteiger partial charge in [0.05, 0.1) is 0 Å². The summed E-state index contributed by atoms with van der Waals surface area (Å²) in [4.78, 5) is 1.50. The smallest absolute Gasteiger partial charge is 0.0102 e. The molecule has 0 aliphatic heterocycles. The lowest BCUT2D eigenvalue weighted by Crippen LogP contribution is -2.10. The summed E-state index contributed by atoms with van der Waals surface area (Å²) < 4.78 is 0. The van der Waals surface area contributed by atoms with Crippen molar-refractivity contribution in [1.29, 1.82) is 0 Å². The summed E-state index contributed by atoms with van der Waals surface area (Å²) >= 11 is 1.90. The Bertz CT molecular complexity index is 294. The van der Waals surface area contributed by atoms with Gasteiger partial charge in [-0.2, -0.15) is 0 Å². The normalized spacial score (nSPS) is 13.3. The van der Waals surface area contributed by atoms with Gasteiger partial charge in [0.1, 0.15) is 0 Å². The average molecular weight is 210 g/mol. The number of hydrogen-bond donors (Lipinski definition) is 0. The van der Waals surface area contributed by atoms with Crippen LogP contribution in [0.2, 0.25) is 0 Å². The molecule has 0 bridgehead atoms. The third-order valence-electron chi connectivity index (χ3n) is 2.13. The number of thiophene rings is 1. The van der Waals surface area contributed by atoms with Crippen molar-refractivity contribution in [2.75, 3.05) is 0 Å². The third-order valence-corrected chi connectivity index (χ3v) is 3.53. The van der Waals surface area contributed by atoms with Gasteiger partial charge in [-0.3, -0.25) is 0 Å². The number of hydrogen-bond acceptors (Lipinski definition) is 1. The van der Waals surface area contributed by atoms with Crippen molar-refractivity contribution in [2.45, 2.75) is 53.4 Å². The van der Waals surface area contributed by atoms with E-state index < -0.39 is 0 Å². The van der Waals surface area contributed by atoms with E-state index in [1.807, 2.05) is 11.3 Å². The van der Waals surface area contributed by atoms with Crippen molar-refractivity contribution in [1.82, 2.24) is 0 Å². The average Bonchev–Trinajstić information content (AvgIpc) is 2.29. The standard InChI is InChI=1S/C13H22S/c1-12(2,3)8-10-7-11(14-9-10)13(4,5)6/h7,9H,8H2,1-6H3. The fraction of sp³-hybridized carbons (Fsp3) is 0.692. The SMILES string of the molecule is CC(C)(C)Cc1csc(C(C)(C)C)c1. The van der Waals surface area contributed by atoms with Gasteiger partial charge in [-0.15, -0.1) is 11.3 Å². The zero-order valence-corrected chi connectivity index (χ0v) is 11.1. The van der Waals surface area contributed by atoms with Gasteiger partial charge in [0.15, 0.2) is 0 Å². The second-order valence-electron chi connectivity index (χ2n) is 6.31. The Morgan fingerprint density at radius 2 is 1.64 bits per heavy atom. The van der Waals surface area contributed by atoms with Gasteiger partial charge in [0.2, 0.25) is 0 Å². The van der Waals surface area contributed by atoms with Gasteiger partial charge < -0.3 is 0 Å². The Hall–Kier alpha value is -0.300. The summed E-state index contributed by atoms with van der Waals surface area (Å²) in [7, 11) is 0. The van der Waals surface area contributed by atoms with Crippen LogP contribution in [-0.2, 0) is 11.8 Å². The predicted octanol–water partition coefficient (Wildman–Crippen LogP) is 4.63. The zero-order valence-electron chi connectivity index (χ0n) is 10.3. The number of rotatable bonds is 1. The molecular weight excluding hydrogens is 188 g/mol. The van der Waals surface area contributed by atoms with E-state index in [2.05, 4.69) is 53.0 Å². The molecule has 0 saturated carbocycles. The van der Waals surface area contributed by atoms with Crippen LogP contribution in [0, 0.1) is 5.41 Å². The van der Waals surface area contributed by atoms with Crippen LogP contribution >= 0.6 is 11.3 Å². The molecule has 14 heavy (non-hydrogen) atoms. The molecule has 0 unspecified atom stereocenters. The predicted molar refractivity (Wildman–Crippen MR) is 66.2 cm³/mol. The molecule has 0 nitrogen and oxygen atoms in total. The van der Waals surface area contributed by atoms with Crippen molar-refractivity contribution in [3.05, 3.63) is 21.9 Å². The summed E-state index contributed by atoms with van der Waals surface area (Å²) in [6, 6.07) is 2.37. The fourth-order valence-electron chi connectivity index (χ4n) is 1.47. The minimum absolute atomic E-state index is 0.306. The molecule has 0 aliphatic carbocycles. The monoisotopic (exact) mass is 210 g/mol. The lowest BCUT2D eigenvalue weighted by atomic mass is 9.88. The molecular formula is C13H22S. The maximum Gasteiger partial charge on any atom is 0.0102 e. The fourth-order valence-corrected chi connectivity index (χ4v) is 2.48. The minimum atomic E-state index is 0.306. The van der Waals surface area contributed by atoms with Gasteiger partial charge in [0.25, 0.3) is 0 Å². The minimum Gasteiger partial charge on any atom is -0.148 e. The molecule has 0 aliphatic rings. The maximum absolute atomic E-state index is 2.37. The van der Waals surface area contributed by atoms with Crippen LogP contribution in [0.1, 0.15) is 52.0 Å². The van der Waals surface area contributed by atoms with Crippen LogP contribution < -0.4 is 0 Å². The van der Waals surface area contributed by atoms with E-state index in [0.29, 0.717) is 10.8 Å². The van der Waals surface area contributed by atoms with Crippen molar-refractivity contribution in [2.24, 2.45) is 5.41 Å². The van der Waals surface area contributed by atoms with Gasteiger partial charge in [-0.25, -0.2) is 0 Å². The molecule has 0 N–H and O–H groups in total. The van der Waals surface area contributed by atoms with Gasteiger partial charge in [-0.1, -0.05) is 41.5 Å². The largest absolute Gasteiger partial charge is 0.148 e. The molecule has 80 valence electrons. The van der Waals surface area contributed by atoms with Crippen molar-refractivity contribution >= 4 is 11.3 Å². The Kier molecular flexibility index (Phi) is 3.10. The molecule has 0 saturated heterocycles. The van der Waals surface area contributed by atoms with Crippen molar-refractivity contribution < 1.29 is 0 Å². The highest BCUT2D eigenvalue weighted by Gasteiger charge is 2.18. The molecule has 1 rings (SSSR count). The van der Waals surface area contributed by atoms with E-state index in [1.54, 1.807) is 0 Å². The van der Waals surface area contributed by atoms with E-state index in [1.165, 1.54) is 16.9 Å². The van der Waals surface area contributed by atoms with E-state index in [0.717, 1.165) is 0 Å². The molecule has 0 atom stereocenters. The first-order valence-electron chi connectivity index (χ1n) is 5.26. The van der Waals surface area contributed by atoms with Gasteiger partial charge in [0, 0.05) is 4.88 Å². The third kappa shape index (κ3) is 3.45. The van der Waals surface area contributed by atoms with Crippen molar-refractivity contribution in [3.8, 4) is 0 Å². The first kappa shape index (κ1) is 11.8.